The van der Waals surface area contributed by atoms with Crippen LogP contribution in [-0.4, -0.2) is 18.5 Å². The van der Waals surface area contributed by atoms with E-state index in [0.717, 1.165) is 31.6 Å². The maximum Gasteiger partial charge on any atom is 0.282 e. The van der Waals surface area contributed by atoms with Crippen LogP contribution in [0.15, 0.2) is 42.5 Å². The normalized spacial score (nSPS) is 20.1. The SMILES string of the molecule is C[C@H](C(=O)Nc1ccc2c(c1)CCC2)[NH+]1CCc2ccccc2C1. The zero-order valence-electron chi connectivity index (χ0n) is 14.3. The van der Waals surface area contributed by atoms with E-state index in [9.17, 15) is 4.79 Å². The summed E-state index contributed by atoms with van der Waals surface area (Å²) in [7, 11) is 0. The Labute approximate surface area is 143 Å². The fourth-order valence-corrected chi connectivity index (χ4v) is 4.06. The molecule has 0 radical (unpaired) electrons. The summed E-state index contributed by atoms with van der Waals surface area (Å²) in [5.74, 6) is 0.127. The lowest BCUT2D eigenvalue weighted by Crippen LogP contribution is -3.16. The van der Waals surface area contributed by atoms with Crippen LogP contribution in [-0.2, 0) is 30.6 Å². The molecule has 0 saturated heterocycles. The van der Waals surface area contributed by atoms with Crippen LogP contribution in [0.5, 0.6) is 0 Å². The molecule has 124 valence electrons. The summed E-state index contributed by atoms with van der Waals surface area (Å²) < 4.78 is 0. The number of rotatable bonds is 3. The molecule has 1 aliphatic heterocycles. The van der Waals surface area contributed by atoms with Crippen molar-refractivity contribution in [3.63, 3.8) is 0 Å². The highest BCUT2D eigenvalue weighted by molar-refractivity contribution is 5.93. The Kier molecular flexibility index (Phi) is 4.11. The first-order chi connectivity index (χ1) is 11.7. The molecule has 0 bridgehead atoms. The number of aryl methyl sites for hydroxylation is 2. The maximum absolute atomic E-state index is 12.7. The van der Waals surface area contributed by atoms with Gasteiger partial charge in [0.1, 0.15) is 6.54 Å². The molecule has 2 atom stereocenters. The highest BCUT2D eigenvalue weighted by Gasteiger charge is 2.29. The molecule has 24 heavy (non-hydrogen) atoms. The van der Waals surface area contributed by atoms with Crippen molar-refractivity contribution < 1.29 is 9.69 Å². The first-order valence-electron chi connectivity index (χ1n) is 9.05. The minimum atomic E-state index is -0.0355. The Bertz CT molecular complexity index is 768. The van der Waals surface area contributed by atoms with Gasteiger partial charge in [-0.15, -0.1) is 0 Å². The van der Waals surface area contributed by atoms with Crippen LogP contribution < -0.4 is 10.2 Å². The number of amides is 1. The summed E-state index contributed by atoms with van der Waals surface area (Å²) in [6.45, 7) is 4.01. The van der Waals surface area contributed by atoms with Crippen LogP contribution in [0.25, 0.3) is 0 Å². The van der Waals surface area contributed by atoms with E-state index in [1.54, 1.807) is 0 Å². The largest absolute Gasteiger partial charge is 0.321 e. The van der Waals surface area contributed by atoms with Gasteiger partial charge >= 0.3 is 0 Å². The van der Waals surface area contributed by atoms with Crippen molar-refractivity contribution >= 4 is 11.6 Å². The molecular formula is C21H25N2O+. The van der Waals surface area contributed by atoms with E-state index < -0.39 is 0 Å². The van der Waals surface area contributed by atoms with Gasteiger partial charge in [0, 0.05) is 17.7 Å². The van der Waals surface area contributed by atoms with E-state index in [-0.39, 0.29) is 11.9 Å². The van der Waals surface area contributed by atoms with E-state index in [1.807, 2.05) is 6.92 Å². The Hall–Kier alpha value is -2.13. The Morgan fingerprint density at radius 2 is 1.75 bits per heavy atom. The van der Waals surface area contributed by atoms with Gasteiger partial charge in [-0.2, -0.15) is 0 Å². The second kappa shape index (κ2) is 6.40. The molecule has 0 aromatic heterocycles. The van der Waals surface area contributed by atoms with Gasteiger partial charge in [0.15, 0.2) is 6.04 Å². The van der Waals surface area contributed by atoms with Crippen molar-refractivity contribution in [2.75, 3.05) is 11.9 Å². The number of fused-ring (bicyclic) bond motifs is 2. The van der Waals surface area contributed by atoms with Crippen molar-refractivity contribution in [1.29, 1.82) is 0 Å². The first kappa shape index (κ1) is 15.4. The van der Waals surface area contributed by atoms with Gasteiger partial charge in [0.05, 0.1) is 6.54 Å². The minimum absolute atomic E-state index is 0.0355. The van der Waals surface area contributed by atoms with Gasteiger partial charge in [0.2, 0.25) is 0 Å². The lowest BCUT2D eigenvalue weighted by Gasteiger charge is -2.30. The molecule has 2 aromatic carbocycles. The molecule has 0 saturated carbocycles. The monoisotopic (exact) mass is 321 g/mol. The fraction of sp³-hybridized carbons (Fsp3) is 0.381. The van der Waals surface area contributed by atoms with Crippen LogP contribution in [0, 0.1) is 0 Å². The molecule has 3 nitrogen and oxygen atoms in total. The molecular weight excluding hydrogens is 296 g/mol. The third kappa shape index (κ3) is 2.96. The van der Waals surface area contributed by atoms with Crippen LogP contribution in [0.2, 0.25) is 0 Å². The lowest BCUT2D eigenvalue weighted by atomic mass is 9.98. The Morgan fingerprint density at radius 3 is 2.62 bits per heavy atom. The van der Waals surface area contributed by atoms with Gasteiger partial charge in [0.25, 0.3) is 5.91 Å². The number of carbonyl (C=O) groups excluding carboxylic acids is 1. The van der Waals surface area contributed by atoms with E-state index in [0.29, 0.717) is 0 Å². The minimum Gasteiger partial charge on any atom is -0.321 e. The zero-order chi connectivity index (χ0) is 16.5. The smallest absolute Gasteiger partial charge is 0.282 e. The summed E-state index contributed by atoms with van der Waals surface area (Å²) in [4.78, 5) is 14.0. The molecule has 3 heteroatoms. The van der Waals surface area contributed by atoms with Gasteiger partial charge in [-0.05, 0) is 55.0 Å². The van der Waals surface area contributed by atoms with E-state index in [1.165, 1.54) is 40.0 Å². The quantitative estimate of drug-likeness (QED) is 0.892. The fourth-order valence-electron chi connectivity index (χ4n) is 4.06. The van der Waals surface area contributed by atoms with Crippen molar-refractivity contribution in [3.8, 4) is 0 Å². The van der Waals surface area contributed by atoms with Gasteiger partial charge in [-0.3, -0.25) is 4.79 Å². The molecule has 2 aliphatic rings. The number of hydrogen-bond donors (Lipinski definition) is 2. The van der Waals surface area contributed by atoms with E-state index >= 15 is 0 Å². The van der Waals surface area contributed by atoms with Crippen molar-refractivity contribution in [2.45, 2.75) is 45.2 Å². The number of anilines is 1. The number of quaternary nitrogens is 1. The zero-order valence-corrected chi connectivity index (χ0v) is 14.3. The number of nitrogens with one attached hydrogen (secondary N) is 2. The predicted molar refractivity (Wildman–Crippen MR) is 96.2 cm³/mol. The molecule has 1 heterocycles. The molecule has 2 aromatic rings. The molecule has 2 N–H and O–H groups in total. The maximum atomic E-state index is 12.7. The summed E-state index contributed by atoms with van der Waals surface area (Å²) >= 11 is 0. The first-order valence-corrected chi connectivity index (χ1v) is 9.05. The molecule has 1 amide bonds. The summed E-state index contributed by atoms with van der Waals surface area (Å²) in [5, 5.41) is 3.13. The van der Waals surface area contributed by atoms with Crippen molar-refractivity contribution in [3.05, 3.63) is 64.7 Å². The van der Waals surface area contributed by atoms with E-state index in [4.69, 9.17) is 0 Å². The highest BCUT2D eigenvalue weighted by atomic mass is 16.2. The van der Waals surface area contributed by atoms with Crippen LogP contribution >= 0.6 is 0 Å². The number of hydrogen-bond acceptors (Lipinski definition) is 1. The molecule has 0 spiro atoms. The summed E-state index contributed by atoms with van der Waals surface area (Å²) in [6.07, 6.45) is 4.61. The van der Waals surface area contributed by atoms with Crippen molar-refractivity contribution in [2.24, 2.45) is 0 Å². The third-order valence-corrected chi connectivity index (χ3v) is 5.62. The summed E-state index contributed by atoms with van der Waals surface area (Å²) in [5.41, 5.74) is 6.62. The topological polar surface area (TPSA) is 33.5 Å². The van der Waals surface area contributed by atoms with Crippen LogP contribution in [0.4, 0.5) is 5.69 Å². The van der Waals surface area contributed by atoms with Crippen molar-refractivity contribution in [1.82, 2.24) is 0 Å². The summed E-state index contributed by atoms with van der Waals surface area (Å²) in [6, 6.07) is 15.0. The van der Waals surface area contributed by atoms with Crippen LogP contribution in [0.1, 0.15) is 35.6 Å². The Morgan fingerprint density at radius 1 is 1.00 bits per heavy atom. The highest BCUT2D eigenvalue weighted by Crippen LogP contribution is 2.24. The predicted octanol–water partition coefficient (Wildman–Crippen LogP) is 2.14. The number of benzene rings is 2. The third-order valence-electron chi connectivity index (χ3n) is 5.62. The van der Waals surface area contributed by atoms with E-state index in [2.05, 4.69) is 47.8 Å². The molecule has 1 aliphatic carbocycles. The average Bonchev–Trinajstić information content (AvgIpc) is 3.08. The van der Waals surface area contributed by atoms with Crippen LogP contribution in [0.3, 0.4) is 0 Å². The van der Waals surface area contributed by atoms with Gasteiger partial charge in [-0.25, -0.2) is 0 Å². The molecule has 0 fully saturated rings. The lowest BCUT2D eigenvalue weighted by molar-refractivity contribution is -0.929. The van der Waals surface area contributed by atoms with Gasteiger partial charge < -0.3 is 10.2 Å². The number of carbonyl (C=O) groups is 1. The Balaban J connectivity index is 1.43. The molecule has 4 rings (SSSR count). The standard InChI is InChI=1S/C21H24N2O/c1-15(23-12-11-17-5-2-3-6-19(17)14-23)21(24)22-20-10-9-16-7-4-8-18(16)13-20/h2-3,5-6,9-10,13,15H,4,7-8,11-12,14H2,1H3,(H,22,24)/p+1/t15-/m1/s1. The second-order valence-corrected chi connectivity index (χ2v) is 7.15. The second-order valence-electron chi connectivity index (χ2n) is 7.15. The van der Waals surface area contributed by atoms with Gasteiger partial charge in [-0.1, -0.05) is 30.3 Å². The average molecular weight is 321 g/mol. The molecule has 1 unspecified atom stereocenters.